The Morgan fingerprint density at radius 3 is 2.24 bits per heavy atom. The fraction of sp³-hybridized carbons (Fsp3) is 1.00. The maximum atomic E-state index is 10.4. The van der Waals surface area contributed by atoms with Crippen molar-refractivity contribution in [1.29, 1.82) is 0 Å². The zero-order valence-corrected chi connectivity index (χ0v) is 15.7. The molecule has 0 saturated carbocycles. The Kier molecular flexibility index (Phi) is 6.83. The highest BCUT2D eigenvalue weighted by molar-refractivity contribution is 4.97. The summed E-state index contributed by atoms with van der Waals surface area (Å²) in [5.74, 6) is 0. The van der Waals surface area contributed by atoms with E-state index in [4.69, 9.17) is 24.7 Å². The maximum absolute atomic E-state index is 10.4. The summed E-state index contributed by atoms with van der Waals surface area (Å²) in [6.07, 6.45) is -5.30. The minimum absolute atomic E-state index is 0.120. The second-order valence-electron chi connectivity index (χ2n) is 8.14. The minimum Gasteiger partial charge on any atom is -0.389 e. The molecule has 8 nitrogen and oxygen atoms in total. The third kappa shape index (κ3) is 4.70. The predicted octanol–water partition coefficient (Wildman–Crippen LogP) is -0.624. The van der Waals surface area contributed by atoms with Crippen LogP contribution in [0.4, 0.5) is 0 Å². The molecule has 0 aromatic carbocycles. The standard InChI is InChI=1S/C17H33NO7/c1-8-12(19)9(18)6-11(24-8)23-7-10-15(22-5)13(20)14(21)16(25-10)17(2,3)4/h8-16,19-21H,6-7,18H2,1-5H3/t8?,9-,10?,11?,12-,13-,14?,15-,16-/m1/s1. The maximum Gasteiger partial charge on any atom is 0.159 e. The van der Waals surface area contributed by atoms with Gasteiger partial charge >= 0.3 is 0 Å². The van der Waals surface area contributed by atoms with E-state index in [9.17, 15) is 15.3 Å². The fourth-order valence-corrected chi connectivity index (χ4v) is 3.48. The number of hydrogen-bond donors (Lipinski definition) is 4. The van der Waals surface area contributed by atoms with Crippen LogP contribution in [0.25, 0.3) is 0 Å². The monoisotopic (exact) mass is 363 g/mol. The summed E-state index contributed by atoms with van der Waals surface area (Å²) in [6.45, 7) is 7.67. The van der Waals surface area contributed by atoms with Gasteiger partial charge < -0.3 is 40.0 Å². The summed E-state index contributed by atoms with van der Waals surface area (Å²) in [7, 11) is 1.46. The van der Waals surface area contributed by atoms with E-state index in [1.807, 2.05) is 20.8 Å². The number of nitrogens with two attached hydrogens (primary N) is 1. The van der Waals surface area contributed by atoms with Crippen molar-refractivity contribution >= 4 is 0 Å². The molecule has 148 valence electrons. The van der Waals surface area contributed by atoms with E-state index in [1.54, 1.807) is 6.92 Å². The van der Waals surface area contributed by atoms with Gasteiger partial charge in [-0.1, -0.05) is 20.8 Å². The van der Waals surface area contributed by atoms with Crippen LogP contribution in [0, 0.1) is 5.41 Å². The molecule has 25 heavy (non-hydrogen) atoms. The highest BCUT2D eigenvalue weighted by atomic mass is 16.7. The summed E-state index contributed by atoms with van der Waals surface area (Å²) >= 11 is 0. The van der Waals surface area contributed by atoms with Crippen LogP contribution in [0.2, 0.25) is 0 Å². The zero-order chi connectivity index (χ0) is 18.9. The molecular weight excluding hydrogens is 330 g/mol. The smallest absolute Gasteiger partial charge is 0.159 e. The number of hydrogen-bond acceptors (Lipinski definition) is 8. The average Bonchev–Trinajstić information content (AvgIpc) is 2.52. The molecule has 2 aliphatic rings. The molecule has 0 radical (unpaired) electrons. The molecule has 0 aromatic heterocycles. The minimum atomic E-state index is -1.08. The molecular formula is C17H33NO7. The summed E-state index contributed by atoms with van der Waals surface area (Å²) in [5.41, 5.74) is 5.54. The molecule has 2 fully saturated rings. The van der Waals surface area contributed by atoms with Crippen molar-refractivity contribution in [2.45, 2.75) is 89.2 Å². The van der Waals surface area contributed by atoms with Crippen molar-refractivity contribution in [2.75, 3.05) is 13.7 Å². The largest absolute Gasteiger partial charge is 0.389 e. The third-order valence-corrected chi connectivity index (χ3v) is 5.01. The Balaban J connectivity index is 2.01. The van der Waals surface area contributed by atoms with E-state index in [1.165, 1.54) is 7.11 Å². The van der Waals surface area contributed by atoms with Gasteiger partial charge in [-0.15, -0.1) is 0 Å². The van der Waals surface area contributed by atoms with Crippen LogP contribution in [-0.4, -0.2) is 84.1 Å². The molecule has 0 amide bonds. The zero-order valence-electron chi connectivity index (χ0n) is 15.7. The van der Waals surface area contributed by atoms with Gasteiger partial charge in [-0.05, 0) is 12.3 Å². The van der Waals surface area contributed by atoms with Crippen molar-refractivity contribution in [2.24, 2.45) is 11.1 Å². The first-order valence-electron chi connectivity index (χ1n) is 8.81. The molecule has 2 rings (SSSR count). The van der Waals surface area contributed by atoms with Gasteiger partial charge in [-0.25, -0.2) is 0 Å². The molecule has 9 atom stereocenters. The molecule has 2 heterocycles. The van der Waals surface area contributed by atoms with Crippen LogP contribution in [-0.2, 0) is 18.9 Å². The van der Waals surface area contributed by atoms with Crippen LogP contribution >= 0.6 is 0 Å². The van der Waals surface area contributed by atoms with E-state index < -0.39 is 55.1 Å². The van der Waals surface area contributed by atoms with E-state index in [2.05, 4.69) is 0 Å². The topological polar surface area (TPSA) is 124 Å². The predicted molar refractivity (Wildman–Crippen MR) is 89.8 cm³/mol. The van der Waals surface area contributed by atoms with Crippen molar-refractivity contribution in [1.82, 2.24) is 0 Å². The Morgan fingerprint density at radius 2 is 1.72 bits per heavy atom. The molecule has 4 unspecified atom stereocenters. The van der Waals surface area contributed by atoms with E-state index >= 15 is 0 Å². The molecule has 2 aliphatic heterocycles. The summed E-state index contributed by atoms with van der Waals surface area (Å²) in [4.78, 5) is 0. The number of aliphatic hydroxyl groups excluding tert-OH is 3. The van der Waals surface area contributed by atoms with Crippen molar-refractivity contribution < 1.29 is 34.3 Å². The molecule has 0 spiro atoms. The molecule has 0 aromatic rings. The first-order chi connectivity index (χ1) is 11.6. The van der Waals surface area contributed by atoms with Crippen LogP contribution in [0.15, 0.2) is 0 Å². The summed E-state index contributed by atoms with van der Waals surface area (Å²) in [6, 6.07) is -0.422. The Bertz CT molecular complexity index is 418. The van der Waals surface area contributed by atoms with Gasteiger partial charge in [0.25, 0.3) is 0 Å². The van der Waals surface area contributed by atoms with Gasteiger partial charge in [-0.2, -0.15) is 0 Å². The van der Waals surface area contributed by atoms with Crippen molar-refractivity contribution in [3.63, 3.8) is 0 Å². The normalized spacial score (nSPS) is 46.2. The quantitative estimate of drug-likeness (QED) is 0.521. The van der Waals surface area contributed by atoms with E-state index in [0.29, 0.717) is 6.42 Å². The average molecular weight is 363 g/mol. The lowest BCUT2D eigenvalue weighted by Gasteiger charge is -2.47. The van der Waals surface area contributed by atoms with Gasteiger partial charge in [0.1, 0.15) is 24.4 Å². The lowest BCUT2D eigenvalue weighted by Crippen LogP contribution is -2.62. The van der Waals surface area contributed by atoms with Crippen LogP contribution in [0.1, 0.15) is 34.1 Å². The lowest BCUT2D eigenvalue weighted by molar-refractivity contribution is -0.280. The number of methoxy groups -OCH3 is 1. The van der Waals surface area contributed by atoms with Crippen LogP contribution < -0.4 is 5.73 Å². The van der Waals surface area contributed by atoms with Gasteiger partial charge in [0.2, 0.25) is 0 Å². The highest BCUT2D eigenvalue weighted by Gasteiger charge is 2.49. The van der Waals surface area contributed by atoms with Crippen LogP contribution in [0.5, 0.6) is 0 Å². The van der Waals surface area contributed by atoms with E-state index in [0.717, 1.165) is 0 Å². The van der Waals surface area contributed by atoms with Gasteiger partial charge in [0, 0.05) is 19.6 Å². The Morgan fingerprint density at radius 1 is 1.08 bits per heavy atom. The number of rotatable bonds is 4. The summed E-state index contributed by atoms with van der Waals surface area (Å²) < 4.78 is 22.7. The highest BCUT2D eigenvalue weighted by Crippen LogP contribution is 2.34. The second kappa shape index (κ2) is 8.14. The molecule has 2 saturated heterocycles. The van der Waals surface area contributed by atoms with Crippen molar-refractivity contribution in [3.05, 3.63) is 0 Å². The number of aliphatic hydroxyl groups is 3. The Hall–Kier alpha value is -0.320. The fourth-order valence-electron chi connectivity index (χ4n) is 3.48. The lowest BCUT2D eigenvalue weighted by atomic mass is 9.80. The summed E-state index contributed by atoms with van der Waals surface area (Å²) in [5, 5.41) is 30.6. The van der Waals surface area contributed by atoms with Gasteiger partial charge in [0.05, 0.1) is 24.9 Å². The number of ether oxygens (including phenoxy) is 4. The van der Waals surface area contributed by atoms with Crippen LogP contribution in [0.3, 0.4) is 0 Å². The molecule has 0 aliphatic carbocycles. The second-order valence-corrected chi connectivity index (χ2v) is 8.14. The van der Waals surface area contributed by atoms with Gasteiger partial charge in [-0.3, -0.25) is 0 Å². The molecule has 5 N–H and O–H groups in total. The third-order valence-electron chi connectivity index (χ3n) is 5.01. The van der Waals surface area contributed by atoms with E-state index in [-0.39, 0.29) is 12.0 Å². The Labute approximate surface area is 149 Å². The SMILES string of the molecule is CO[C@@H]1C(COC2C[C@@H](N)[C@H](O)C(C)O2)O[C@@H](C(C)(C)C)C(O)[C@H]1O. The molecule has 0 bridgehead atoms. The molecule has 8 heteroatoms. The first-order valence-corrected chi connectivity index (χ1v) is 8.81. The first kappa shape index (κ1) is 21.0. The van der Waals surface area contributed by atoms with Gasteiger partial charge in [0.15, 0.2) is 6.29 Å². The van der Waals surface area contributed by atoms with Crippen molar-refractivity contribution in [3.8, 4) is 0 Å².